The molecule has 2 aromatic rings. The first-order valence-corrected chi connectivity index (χ1v) is 5.41. The Morgan fingerprint density at radius 1 is 0.941 bits per heavy atom. The third-order valence-corrected chi connectivity index (χ3v) is 2.81. The minimum Gasteiger partial charge on any atom is -0.377 e. The summed E-state index contributed by atoms with van der Waals surface area (Å²) < 4.78 is 0. The van der Waals surface area contributed by atoms with Crippen LogP contribution in [0.5, 0.6) is 0 Å². The fourth-order valence-electron chi connectivity index (χ4n) is 1.99. The van der Waals surface area contributed by atoms with Gasteiger partial charge >= 0.3 is 0 Å². The molecule has 0 amide bonds. The summed E-state index contributed by atoms with van der Waals surface area (Å²) in [4.78, 5) is 12.7. The van der Waals surface area contributed by atoms with Gasteiger partial charge in [-0.2, -0.15) is 0 Å². The molecule has 0 unspecified atom stereocenters. The van der Waals surface area contributed by atoms with Crippen molar-refractivity contribution in [2.45, 2.75) is 0 Å². The average molecular weight is 229 g/mol. The van der Waals surface area contributed by atoms with E-state index >= 15 is 0 Å². The summed E-state index contributed by atoms with van der Waals surface area (Å²) in [5.41, 5.74) is 1.90. The van der Waals surface area contributed by atoms with Crippen molar-refractivity contribution in [2.24, 2.45) is 5.29 Å². The topological polar surface area (TPSA) is 35.9 Å². The van der Waals surface area contributed by atoms with E-state index in [4.69, 9.17) is 0 Å². The van der Waals surface area contributed by atoms with E-state index in [1.807, 2.05) is 55.4 Å². The highest BCUT2D eigenvalue weighted by atomic mass is 16.3. The fraction of sp³-hybridized carbons (Fsp3) is 0.231. The van der Waals surface area contributed by atoms with Crippen LogP contribution in [0.25, 0.3) is 10.8 Å². The Labute approximate surface area is 100 Å². The Balaban J connectivity index is 2.80. The van der Waals surface area contributed by atoms with Gasteiger partial charge in [-0.15, -0.1) is 4.91 Å². The summed E-state index contributed by atoms with van der Waals surface area (Å²) in [5, 5.41) is 6.48. The van der Waals surface area contributed by atoms with Crippen molar-refractivity contribution in [1.82, 2.24) is 0 Å². The first kappa shape index (κ1) is 11.4. The second kappa shape index (κ2) is 4.41. The normalized spacial score (nSPS) is 10.3. The third kappa shape index (κ3) is 1.93. The van der Waals surface area contributed by atoms with Gasteiger partial charge < -0.3 is 4.90 Å². The van der Waals surface area contributed by atoms with Crippen LogP contribution < -0.4 is 9.91 Å². The van der Waals surface area contributed by atoms with Gasteiger partial charge in [0.2, 0.25) is 0 Å². The lowest BCUT2D eigenvalue weighted by atomic mass is 10.1. The summed E-state index contributed by atoms with van der Waals surface area (Å²) in [7, 11) is 5.63. The molecule has 2 rings (SSSR count). The van der Waals surface area contributed by atoms with E-state index in [0.717, 1.165) is 22.1 Å². The molecule has 0 saturated heterocycles. The van der Waals surface area contributed by atoms with Gasteiger partial charge in [0.15, 0.2) is 0 Å². The van der Waals surface area contributed by atoms with E-state index in [0.29, 0.717) is 0 Å². The van der Waals surface area contributed by atoms with Crippen LogP contribution in [0.1, 0.15) is 0 Å². The number of fused-ring (bicyclic) bond motifs is 1. The van der Waals surface area contributed by atoms with E-state index in [2.05, 4.69) is 5.29 Å². The molecule has 2 aromatic carbocycles. The van der Waals surface area contributed by atoms with Crippen molar-refractivity contribution in [2.75, 3.05) is 31.1 Å². The molecule has 0 aliphatic carbocycles. The van der Waals surface area contributed by atoms with Gasteiger partial charge in [-0.25, -0.2) is 5.01 Å². The Morgan fingerprint density at radius 3 is 2.06 bits per heavy atom. The second-order valence-corrected chi connectivity index (χ2v) is 4.15. The van der Waals surface area contributed by atoms with E-state index in [1.165, 1.54) is 5.01 Å². The minimum atomic E-state index is 0.821. The molecule has 0 aromatic heterocycles. The summed E-state index contributed by atoms with van der Waals surface area (Å²) >= 11 is 0. The predicted molar refractivity (Wildman–Crippen MR) is 72.5 cm³/mol. The van der Waals surface area contributed by atoms with Crippen LogP contribution >= 0.6 is 0 Å². The Hall–Kier alpha value is -2.10. The Bertz CT molecular complexity index is 546. The van der Waals surface area contributed by atoms with E-state index in [1.54, 1.807) is 7.05 Å². The Morgan fingerprint density at radius 2 is 1.53 bits per heavy atom. The van der Waals surface area contributed by atoms with Crippen LogP contribution in [0.4, 0.5) is 11.4 Å². The van der Waals surface area contributed by atoms with Gasteiger partial charge in [-0.1, -0.05) is 24.3 Å². The zero-order valence-electron chi connectivity index (χ0n) is 10.2. The van der Waals surface area contributed by atoms with Crippen LogP contribution in [-0.2, 0) is 0 Å². The highest BCUT2D eigenvalue weighted by molar-refractivity contribution is 6.03. The number of hydrogen-bond donors (Lipinski definition) is 0. The van der Waals surface area contributed by atoms with Crippen molar-refractivity contribution >= 4 is 22.1 Å². The molecule has 0 N–H and O–H groups in total. The first-order valence-electron chi connectivity index (χ1n) is 5.41. The molecule has 0 bridgehead atoms. The molecule has 0 aliphatic rings. The third-order valence-electron chi connectivity index (χ3n) is 2.81. The lowest BCUT2D eigenvalue weighted by Crippen LogP contribution is -2.12. The molecule has 0 spiro atoms. The second-order valence-electron chi connectivity index (χ2n) is 4.15. The van der Waals surface area contributed by atoms with Crippen molar-refractivity contribution in [3.8, 4) is 0 Å². The van der Waals surface area contributed by atoms with E-state index in [-0.39, 0.29) is 0 Å². The zero-order valence-corrected chi connectivity index (χ0v) is 10.2. The molecule has 88 valence electrons. The molecule has 0 fully saturated rings. The summed E-state index contributed by atoms with van der Waals surface area (Å²) in [6.45, 7) is 0. The maximum atomic E-state index is 10.7. The van der Waals surface area contributed by atoms with Gasteiger partial charge in [0, 0.05) is 32.2 Å². The van der Waals surface area contributed by atoms with Gasteiger partial charge in [0.25, 0.3) is 0 Å². The van der Waals surface area contributed by atoms with Gasteiger partial charge in [0.1, 0.15) is 0 Å². The lowest BCUT2D eigenvalue weighted by Gasteiger charge is -2.19. The van der Waals surface area contributed by atoms with Gasteiger partial charge in [-0.3, -0.25) is 0 Å². The van der Waals surface area contributed by atoms with Crippen molar-refractivity contribution < 1.29 is 0 Å². The smallest absolute Gasteiger partial charge is 0.0722 e. The van der Waals surface area contributed by atoms with Crippen LogP contribution in [0.15, 0.2) is 41.7 Å². The minimum absolute atomic E-state index is 0.821. The van der Waals surface area contributed by atoms with Gasteiger partial charge in [0.05, 0.1) is 11.0 Å². The van der Waals surface area contributed by atoms with Crippen LogP contribution in [-0.4, -0.2) is 21.1 Å². The standard InChI is InChI=1S/C13H15N3O/c1-15(2)11-8-4-6-10-7-5-9-12(13(10)11)16(3)14-17/h4-9H,1-3H3. The molecule has 4 heteroatoms. The lowest BCUT2D eigenvalue weighted by molar-refractivity contribution is 1.01. The highest BCUT2D eigenvalue weighted by Gasteiger charge is 2.10. The number of anilines is 2. The number of benzene rings is 2. The zero-order chi connectivity index (χ0) is 12.4. The number of hydrogen-bond acceptors (Lipinski definition) is 3. The molecule has 0 saturated carbocycles. The molecule has 0 heterocycles. The van der Waals surface area contributed by atoms with Crippen LogP contribution in [0, 0.1) is 4.91 Å². The number of nitrogens with zero attached hydrogens (tertiary/aromatic N) is 3. The quantitative estimate of drug-likeness (QED) is 0.599. The summed E-state index contributed by atoms with van der Waals surface area (Å²) in [6, 6.07) is 11.9. The fourth-order valence-corrected chi connectivity index (χ4v) is 1.99. The predicted octanol–water partition coefficient (Wildman–Crippen LogP) is 3.02. The number of nitroso groups, excluding NO2 is 1. The van der Waals surface area contributed by atoms with Crippen molar-refractivity contribution in [3.63, 3.8) is 0 Å². The molecule has 0 radical (unpaired) electrons. The molecule has 0 atom stereocenters. The van der Waals surface area contributed by atoms with Crippen molar-refractivity contribution in [3.05, 3.63) is 41.3 Å². The largest absolute Gasteiger partial charge is 0.377 e. The average Bonchev–Trinajstić information content (AvgIpc) is 2.36. The summed E-state index contributed by atoms with van der Waals surface area (Å²) in [6.07, 6.45) is 0. The SMILES string of the molecule is CN(C)c1cccc2cccc(N(C)N=O)c12. The maximum absolute atomic E-state index is 10.7. The molecule has 0 aliphatic heterocycles. The monoisotopic (exact) mass is 229 g/mol. The van der Waals surface area contributed by atoms with Crippen LogP contribution in [0.2, 0.25) is 0 Å². The van der Waals surface area contributed by atoms with Crippen LogP contribution in [0.3, 0.4) is 0 Å². The van der Waals surface area contributed by atoms with E-state index < -0.39 is 0 Å². The molecular weight excluding hydrogens is 214 g/mol. The van der Waals surface area contributed by atoms with Crippen molar-refractivity contribution in [1.29, 1.82) is 0 Å². The summed E-state index contributed by atoms with van der Waals surface area (Å²) in [5.74, 6) is 0. The highest BCUT2D eigenvalue weighted by Crippen LogP contribution is 2.33. The molecule has 4 nitrogen and oxygen atoms in total. The Kier molecular flexibility index (Phi) is 2.95. The van der Waals surface area contributed by atoms with Gasteiger partial charge in [-0.05, 0) is 17.5 Å². The molecule has 17 heavy (non-hydrogen) atoms. The number of rotatable bonds is 3. The molecular formula is C13H15N3O. The maximum Gasteiger partial charge on any atom is 0.0722 e. The first-order chi connectivity index (χ1) is 8.15. The van der Waals surface area contributed by atoms with E-state index in [9.17, 15) is 4.91 Å².